The first-order valence-electron chi connectivity index (χ1n) is 5.33. The number of rotatable bonds is 3. The predicted octanol–water partition coefficient (Wildman–Crippen LogP) is 3.67. The summed E-state index contributed by atoms with van der Waals surface area (Å²) in [7, 11) is 0. The molecule has 0 aliphatic heterocycles. The molecule has 0 fully saturated rings. The minimum Gasteiger partial charge on any atom is -0.461 e. The second kappa shape index (κ2) is 4.98. The van der Waals surface area contributed by atoms with Gasteiger partial charge in [-0.25, -0.2) is 9.78 Å². The minimum absolute atomic E-state index is 0.335. The Morgan fingerprint density at radius 2 is 2.12 bits per heavy atom. The van der Waals surface area contributed by atoms with Crippen molar-refractivity contribution in [1.82, 2.24) is 4.98 Å². The Hall–Kier alpha value is -1.20. The average molecular weight is 267 g/mol. The first kappa shape index (κ1) is 12.3. The van der Waals surface area contributed by atoms with Crippen LogP contribution in [0.15, 0.2) is 12.1 Å². The minimum atomic E-state index is -0.335. The van der Waals surface area contributed by atoms with Gasteiger partial charge in [-0.15, -0.1) is 22.7 Å². The van der Waals surface area contributed by atoms with E-state index in [0.717, 1.165) is 14.8 Å². The molecule has 0 aliphatic carbocycles. The molecule has 0 aliphatic rings. The lowest BCUT2D eigenvalue weighted by Crippen LogP contribution is -2.06. The van der Waals surface area contributed by atoms with Crippen LogP contribution in [-0.2, 0) is 4.74 Å². The van der Waals surface area contributed by atoms with E-state index < -0.39 is 0 Å². The molecule has 0 saturated heterocycles. The van der Waals surface area contributed by atoms with Crippen LogP contribution < -0.4 is 0 Å². The van der Waals surface area contributed by atoms with Gasteiger partial charge in [0.25, 0.3) is 0 Å². The van der Waals surface area contributed by atoms with Crippen LogP contribution in [0.1, 0.15) is 27.3 Å². The maximum atomic E-state index is 11.8. The summed E-state index contributed by atoms with van der Waals surface area (Å²) in [4.78, 5) is 19.3. The summed E-state index contributed by atoms with van der Waals surface area (Å²) in [6, 6.07) is 4.07. The highest BCUT2D eigenvalue weighted by Crippen LogP contribution is 2.35. The quantitative estimate of drug-likeness (QED) is 0.797. The fourth-order valence-electron chi connectivity index (χ4n) is 1.49. The van der Waals surface area contributed by atoms with Gasteiger partial charge in [0.05, 0.1) is 16.5 Å². The van der Waals surface area contributed by atoms with Crippen LogP contribution in [0.5, 0.6) is 0 Å². The number of ether oxygens (including phenoxy) is 1. The second-order valence-electron chi connectivity index (χ2n) is 3.54. The second-order valence-corrected chi connectivity index (χ2v) is 6.03. The molecule has 0 spiro atoms. The van der Waals surface area contributed by atoms with Gasteiger partial charge < -0.3 is 4.74 Å². The van der Waals surface area contributed by atoms with Crippen molar-refractivity contribution >= 4 is 28.6 Å². The Bertz CT molecular complexity index is 542. The summed E-state index contributed by atoms with van der Waals surface area (Å²) >= 11 is 3.20. The zero-order valence-corrected chi connectivity index (χ0v) is 11.6. The summed E-state index contributed by atoms with van der Waals surface area (Å²) in [5, 5.41) is 0.883. The monoisotopic (exact) mass is 267 g/mol. The van der Waals surface area contributed by atoms with Gasteiger partial charge in [0.1, 0.15) is 0 Å². The molecule has 0 bridgehead atoms. The number of nitrogens with zero attached hydrogens (tertiary/aromatic N) is 1. The van der Waals surface area contributed by atoms with Crippen LogP contribution in [0.4, 0.5) is 0 Å². The predicted molar refractivity (Wildman–Crippen MR) is 70.9 cm³/mol. The normalized spacial score (nSPS) is 10.5. The van der Waals surface area contributed by atoms with E-state index in [9.17, 15) is 4.79 Å². The molecule has 2 rings (SSSR count). The van der Waals surface area contributed by atoms with Crippen molar-refractivity contribution in [1.29, 1.82) is 0 Å². The summed E-state index contributed by atoms with van der Waals surface area (Å²) in [6.07, 6.45) is 0. The number of thiophene rings is 1. The Morgan fingerprint density at radius 3 is 2.71 bits per heavy atom. The number of aromatic nitrogens is 1. The van der Waals surface area contributed by atoms with Gasteiger partial charge in [-0.3, -0.25) is 0 Å². The molecule has 2 aromatic heterocycles. The Labute approximate surface area is 108 Å². The molecule has 0 N–H and O–H groups in total. The molecule has 0 radical (unpaired) electrons. The van der Waals surface area contributed by atoms with Gasteiger partial charge in [0.2, 0.25) is 0 Å². The zero-order valence-electron chi connectivity index (χ0n) is 9.94. The van der Waals surface area contributed by atoms with E-state index in [1.165, 1.54) is 16.2 Å². The number of thiazole rings is 1. The lowest BCUT2D eigenvalue weighted by atomic mass is 10.3. The molecule has 5 heteroatoms. The van der Waals surface area contributed by atoms with Gasteiger partial charge in [-0.1, -0.05) is 0 Å². The lowest BCUT2D eigenvalue weighted by Gasteiger charge is -2.00. The molecule has 0 atom stereocenters. The first-order valence-corrected chi connectivity index (χ1v) is 6.96. The van der Waals surface area contributed by atoms with Crippen LogP contribution in [0.2, 0.25) is 0 Å². The van der Waals surface area contributed by atoms with Gasteiger partial charge in [-0.05, 0) is 32.9 Å². The molecule has 90 valence electrons. The number of hydrogen-bond acceptors (Lipinski definition) is 5. The number of aryl methyl sites for hydroxylation is 2. The van der Waals surface area contributed by atoms with E-state index in [-0.39, 0.29) is 5.97 Å². The fourth-order valence-corrected chi connectivity index (χ4v) is 3.37. The van der Waals surface area contributed by atoms with Crippen LogP contribution in [0.3, 0.4) is 0 Å². The van der Waals surface area contributed by atoms with Crippen molar-refractivity contribution in [3.63, 3.8) is 0 Å². The highest BCUT2D eigenvalue weighted by molar-refractivity contribution is 7.22. The average Bonchev–Trinajstić information content (AvgIpc) is 2.84. The topological polar surface area (TPSA) is 39.2 Å². The Balaban J connectivity index is 2.43. The molecule has 0 amide bonds. The van der Waals surface area contributed by atoms with Crippen LogP contribution in [0.25, 0.3) is 9.75 Å². The summed E-state index contributed by atoms with van der Waals surface area (Å²) in [5.74, 6) is -0.335. The van der Waals surface area contributed by atoms with Crippen molar-refractivity contribution in [3.05, 3.63) is 27.7 Å². The standard InChI is InChI=1S/C12H13NO2S2/c1-4-15-12(14)10-11(17-8(3)13-10)9-6-5-7(2)16-9/h5-6H,4H2,1-3H3. The third-order valence-corrected chi connectivity index (χ3v) is 4.32. The molecule has 3 nitrogen and oxygen atoms in total. The smallest absolute Gasteiger partial charge is 0.358 e. The van der Waals surface area contributed by atoms with E-state index in [1.807, 2.05) is 26.0 Å². The number of carbonyl (C=O) groups is 1. The number of esters is 1. The number of hydrogen-bond donors (Lipinski definition) is 0. The maximum absolute atomic E-state index is 11.8. The Morgan fingerprint density at radius 1 is 1.35 bits per heavy atom. The van der Waals surface area contributed by atoms with Crippen molar-refractivity contribution in [2.24, 2.45) is 0 Å². The molecule has 17 heavy (non-hydrogen) atoms. The molecule has 2 heterocycles. The van der Waals surface area contributed by atoms with E-state index in [0.29, 0.717) is 12.3 Å². The van der Waals surface area contributed by atoms with E-state index in [2.05, 4.69) is 4.98 Å². The van der Waals surface area contributed by atoms with E-state index in [1.54, 1.807) is 18.3 Å². The maximum Gasteiger partial charge on any atom is 0.358 e. The SMILES string of the molecule is CCOC(=O)c1nc(C)sc1-c1ccc(C)s1. The number of carbonyl (C=O) groups excluding carboxylic acids is 1. The Kier molecular flexibility index (Phi) is 3.59. The molecule has 0 unspecified atom stereocenters. The van der Waals surface area contributed by atoms with Crippen LogP contribution >= 0.6 is 22.7 Å². The lowest BCUT2D eigenvalue weighted by molar-refractivity contribution is 0.0521. The zero-order chi connectivity index (χ0) is 12.4. The van der Waals surface area contributed by atoms with Crippen molar-refractivity contribution in [3.8, 4) is 9.75 Å². The molecular weight excluding hydrogens is 254 g/mol. The van der Waals surface area contributed by atoms with Crippen LogP contribution in [-0.4, -0.2) is 17.6 Å². The van der Waals surface area contributed by atoms with Gasteiger partial charge in [-0.2, -0.15) is 0 Å². The molecule has 0 saturated carbocycles. The van der Waals surface area contributed by atoms with Gasteiger partial charge >= 0.3 is 5.97 Å². The fraction of sp³-hybridized carbons (Fsp3) is 0.333. The van der Waals surface area contributed by atoms with E-state index in [4.69, 9.17) is 4.74 Å². The third kappa shape index (κ3) is 2.56. The van der Waals surface area contributed by atoms with Gasteiger partial charge in [0, 0.05) is 9.75 Å². The molecule has 2 aromatic rings. The van der Waals surface area contributed by atoms with Crippen LogP contribution in [0, 0.1) is 13.8 Å². The van der Waals surface area contributed by atoms with Crippen molar-refractivity contribution in [2.45, 2.75) is 20.8 Å². The molecular formula is C12H13NO2S2. The largest absolute Gasteiger partial charge is 0.461 e. The summed E-state index contributed by atoms with van der Waals surface area (Å²) in [5.41, 5.74) is 0.441. The third-order valence-electron chi connectivity index (χ3n) is 2.17. The first-order chi connectivity index (χ1) is 8.11. The summed E-state index contributed by atoms with van der Waals surface area (Å²) in [6.45, 7) is 6.12. The highest BCUT2D eigenvalue weighted by atomic mass is 32.1. The van der Waals surface area contributed by atoms with Crippen molar-refractivity contribution in [2.75, 3.05) is 6.61 Å². The summed E-state index contributed by atoms with van der Waals surface area (Å²) < 4.78 is 5.02. The van der Waals surface area contributed by atoms with Gasteiger partial charge in [0.15, 0.2) is 5.69 Å². The highest BCUT2D eigenvalue weighted by Gasteiger charge is 2.20. The molecule has 0 aromatic carbocycles. The van der Waals surface area contributed by atoms with E-state index >= 15 is 0 Å². The van der Waals surface area contributed by atoms with Crippen molar-refractivity contribution < 1.29 is 9.53 Å².